The monoisotopic (exact) mass is 298 g/mol. The van der Waals surface area contributed by atoms with Crippen molar-refractivity contribution >= 4 is 17.4 Å². The van der Waals surface area contributed by atoms with E-state index in [-0.39, 0.29) is 24.0 Å². The molecule has 1 heterocycles. The van der Waals surface area contributed by atoms with Crippen LogP contribution in [0.15, 0.2) is 12.1 Å². The zero-order valence-electron chi connectivity index (χ0n) is 13.0. The van der Waals surface area contributed by atoms with Gasteiger partial charge in [0.25, 0.3) is 0 Å². The van der Waals surface area contributed by atoms with Crippen LogP contribution < -0.4 is 10.6 Å². The van der Waals surface area contributed by atoms with Crippen LogP contribution in [0, 0.1) is 12.3 Å². The van der Waals surface area contributed by atoms with Gasteiger partial charge in [-0.2, -0.15) is 0 Å². The van der Waals surface area contributed by atoms with Crippen LogP contribution in [0.5, 0.6) is 0 Å². The van der Waals surface area contributed by atoms with Crippen LogP contribution in [0.4, 0.5) is 4.79 Å². The van der Waals surface area contributed by atoms with E-state index in [1.54, 1.807) is 11.3 Å². The molecule has 1 aromatic heterocycles. The van der Waals surface area contributed by atoms with Crippen molar-refractivity contribution in [1.29, 1.82) is 0 Å². The summed E-state index contributed by atoms with van der Waals surface area (Å²) in [5.74, 6) is 0. The van der Waals surface area contributed by atoms with E-state index < -0.39 is 6.10 Å². The van der Waals surface area contributed by atoms with E-state index in [4.69, 9.17) is 0 Å². The van der Waals surface area contributed by atoms with Gasteiger partial charge in [0.1, 0.15) is 0 Å². The Kier molecular flexibility index (Phi) is 6.02. The smallest absolute Gasteiger partial charge is 0.315 e. The lowest BCUT2D eigenvalue weighted by molar-refractivity contribution is 0.0649. The fraction of sp³-hybridized carbons (Fsp3) is 0.667. The summed E-state index contributed by atoms with van der Waals surface area (Å²) < 4.78 is 0. The molecule has 0 fully saturated rings. The molecular weight excluding hydrogens is 272 g/mol. The summed E-state index contributed by atoms with van der Waals surface area (Å²) >= 11 is 1.75. The molecule has 0 aliphatic heterocycles. The van der Waals surface area contributed by atoms with E-state index in [9.17, 15) is 9.90 Å². The van der Waals surface area contributed by atoms with Crippen LogP contribution in [0.25, 0.3) is 0 Å². The number of aliphatic hydroxyl groups excluding tert-OH is 1. The van der Waals surface area contributed by atoms with Gasteiger partial charge in [-0.1, -0.05) is 20.8 Å². The zero-order chi connectivity index (χ0) is 15.3. The van der Waals surface area contributed by atoms with Gasteiger partial charge < -0.3 is 15.7 Å². The molecule has 2 unspecified atom stereocenters. The van der Waals surface area contributed by atoms with Crippen LogP contribution in [-0.2, 0) is 6.42 Å². The number of aryl methyl sites for hydroxylation is 1. The van der Waals surface area contributed by atoms with Crippen LogP contribution in [0.2, 0.25) is 0 Å². The van der Waals surface area contributed by atoms with Gasteiger partial charge in [0.15, 0.2) is 0 Å². The Labute approximate surface area is 125 Å². The third-order valence-corrected chi connectivity index (χ3v) is 4.16. The Morgan fingerprint density at radius 3 is 2.55 bits per heavy atom. The van der Waals surface area contributed by atoms with Crippen LogP contribution in [0.3, 0.4) is 0 Å². The Balaban J connectivity index is 2.31. The molecular formula is C15H26N2O2S. The van der Waals surface area contributed by atoms with Crippen molar-refractivity contribution in [2.45, 2.75) is 53.2 Å². The Morgan fingerprint density at radius 2 is 2.05 bits per heavy atom. The highest BCUT2D eigenvalue weighted by Crippen LogP contribution is 2.18. The lowest BCUT2D eigenvalue weighted by atomic mass is 9.89. The minimum Gasteiger partial charge on any atom is -0.391 e. The second-order valence-electron chi connectivity index (χ2n) is 6.35. The van der Waals surface area contributed by atoms with Gasteiger partial charge in [-0.3, -0.25) is 0 Å². The minimum absolute atomic E-state index is 0.0693. The van der Waals surface area contributed by atoms with Crippen molar-refractivity contribution in [2.75, 3.05) is 6.54 Å². The molecule has 3 N–H and O–H groups in total. The number of urea groups is 1. The van der Waals surface area contributed by atoms with Gasteiger partial charge in [0, 0.05) is 28.8 Å². The third kappa shape index (κ3) is 5.92. The quantitative estimate of drug-likeness (QED) is 0.782. The topological polar surface area (TPSA) is 61.4 Å². The number of amides is 2. The van der Waals surface area contributed by atoms with Crippen LogP contribution >= 0.6 is 11.3 Å². The molecule has 2 amide bonds. The second-order valence-corrected chi connectivity index (χ2v) is 7.73. The van der Waals surface area contributed by atoms with Gasteiger partial charge in [-0.05, 0) is 31.4 Å². The maximum atomic E-state index is 11.8. The number of nitrogens with one attached hydrogen (secondary N) is 2. The van der Waals surface area contributed by atoms with Gasteiger partial charge in [0.2, 0.25) is 0 Å². The van der Waals surface area contributed by atoms with Gasteiger partial charge >= 0.3 is 6.03 Å². The number of carbonyl (C=O) groups excluding carboxylic acids is 1. The normalized spacial score (nSPS) is 14.7. The average Bonchev–Trinajstić information content (AvgIpc) is 2.70. The molecule has 20 heavy (non-hydrogen) atoms. The van der Waals surface area contributed by atoms with E-state index in [0.717, 1.165) is 6.42 Å². The largest absolute Gasteiger partial charge is 0.391 e. The zero-order valence-corrected chi connectivity index (χ0v) is 13.8. The number of aliphatic hydroxyl groups is 1. The Bertz CT molecular complexity index is 437. The summed E-state index contributed by atoms with van der Waals surface area (Å²) in [6.07, 6.45) is 0.275. The first-order valence-corrected chi connectivity index (χ1v) is 7.78. The summed E-state index contributed by atoms with van der Waals surface area (Å²) in [7, 11) is 0. The number of rotatable bonds is 5. The van der Waals surface area contributed by atoms with E-state index in [0.29, 0.717) is 0 Å². The predicted molar refractivity (Wildman–Crippen MR) is 84.2 cm³/mol. The van der Waals surface area contributed by atoms with Crippen molar-refractivity contribution in [3.8, 4) is 0 Å². The van der Waals surface area contributed by atoms with Gasteiger partial charge in [-0.15, -0.1) is 11.3 Å². The molecule has 0 saturated heterocycles. The summed E-state index contributed by atoms with van der Waals surface area (Å²) in [5.41, 5.74) is -0.229. The Hall–Kier alpha value is -1.07. The lowest BCUT2D eigenvalue weighted by Gasteiger charge is -2.26. The maximum absolute atomic E-state index is 11.8. The highest BCUT2D eigenvalue weighted by molar-refractivity contribution is 7.11. The molecule has 5 heteroatoms. The molecule has 2 atom stereocenters. The average molecular weight is 298 g/mol. The summed E-state index contributed by atoms with van der Waals surface area (Å²) in [6, 6.07) is 4.03. The molecule has 0 aliphatic rings. The first kappa shape index (κ1) is 17.0. The molecule has 0 radical (unpaired) electrons. The summed E-state index contributed by atoms with van der Waals surface area (Å²) in [6.45, 7) is 10.2. The fourth-order valence-electron chi connectivity index (χ4n) is 1.72. The molecule has 0 saturated carbocycles. The van der Waals surface area contributed by atoms with Crippen molar-refractivity contribution < 1.29 is 9.90 Å². The Morgan fingerprint density at radius 1 is 1.40 bits per heavy atom. The van der Waals surface area contributed by atoms with Crippen molar-refractivity contribution in [3.05, 3.63) is 21.9 Å². The first-order valence-electron chi connectivity index (χ1n) is 6.96. The van der Waals surface area contributed by atoms with E-state index >= 15 is 0 Å². The number of thiophene rings is 1. The number of hydrogen-bond acceptors (Lipinski definition) is 3. The van der Waals surface area contributed by atoms with Gasteiger partial charge in [0.05, 0.1) is 6.10 Å². The second kappa shape index (κ2) is 7.09. The number of carbonyl (C=O) groups is 1. The van der Waals surface area contributed by atoms with Gasteiger partial charge in [-0.25, -0.2) is 4.79 Å². The summed E-state index contributed by atoms with van der Waals surface area (Å²) in [4.78, 5) is 14.3. The molecule has 114 valence electrons. The highest BCUT2D eigenvalue weighted by Gasteiger charge is 2.22. The van der Waals surface area contributed by atoms with E-state index in [1.165, 1.54) is 9.75 Å². The van der Waals surface area contributed by atoms with Crippen molar-refractivity contribution in [2.24, 2.45) is 5.41 Å². The molecule has 1 rings (SSSR count). The fourth-order valence-corrected chi connectivity index (χ4v) is 2.74. The highest BCUT2D eigenvalue weighted by atomic mass is 32.1. The number of hydrogen-bond donors (Lipinski definition) is 3. The predicted octanol–water partition coefficient (Wildman–Crippen LogP) is 2.69. The lowest BCUT2D eigenvalue weighted by Crippen LogP contribution is -2.46. The van der Waals surface area contributed by atoms with E-state index in [2.05, 4.69) is 29.7 Å². The first-order chi connectivity index (χ1) is 9.18. The SMILES string of the molecule is Cc1ccc(CC(C)NC(=O)NCC(O)C(C)(C)C)s1. The standard InChI is InChI=1S/C15H26N2O2S/c1-10(8-12-7-6-11(2)20-12)17-14(19)16-9-13(18)15(3,4)5/h6-7,10,13,18H,8-9H2,1-5H3,(H2,16,17,19). The molecule has 0 bridgehead atoms. The molecule has 4 nitrogen and oxygen atoms in total. The van der Waals surface area contributed by atoms with E-state index in [1.807, 2.05) is 27.7 Å². The van der Waals surface area contributed by atoms with Crippen LogP contribution in [0.1, 0.15) is 37.4 Å². The molecule has 0 aromatic carbocycles. The molecule has 0 spiro atoms. The molecule has 1 aromatic rings. The maximum Gasteiger partial charge on any atom is 0.315 e. The molecule has 0 aliphatic carbocycles. The van der Waals surface area contributed by atoms with Crippen molar-refractivity contribution in [3.63, 3.8) is 0 Å². The summed E-state index contributed by atoms with van der Waals surface area (Å²) in [5, 5.41) is 15.5. The van der Waals surface area contributed by atoms with Crippen molar-refractivity contribution in [1.82, 2.24) is 10.6 Å². The van der Waals surface area contributed by atoms with Crippen LogP contribution in [-0.4, -0.2) is 29.8 Å². The third-order valence-electron chi connectivity index (χ3n) is 3.14. The minimum atomic E-state index is -0.552.